The van der Waals surface area contributed by atoms with Crippen molar-refractivity contribution in [3.63, 3.8) is 0 Å². The fourth-order valence-corrected chi connectivity index (χ4v) is 9.74. The molecule has 0 nitrogen and oxygen atoms in total. The molecule has 0 fully saturated rings. The maximum absolute atomic E-state index is 14.1. The number of alkyl halides is 6. The van der Waals surface area contributed by atoms with Gasteiger partial charge in [0, 0.05) is 29.8 Å². The third-order valence-corrected chi connectivity index (χ3v) is 11.2. The van der Waals surface area contributed by atoms with Crippen molar-refractivity contribution in [1.82, 2.24) is 0 Å². The topological polar surface area (TPSA) is 0 Å². The van der Waals surface area contributed by atoms with Gasteiger partial charge < -0.3 is 0 Å². The number of unbranched alkanes of at least 4 members (excludes halogenated alkanes) is 6. The minimum Gasteiger partial charge on any atom is -0.166 e. The van der Waals surface area contributed by atoms with Crippen LogP contribution in [0.2, 0.25) is 0 Å². The number of hydrogen-bond donors (Lipinski definition) is 0. The predicted molar refractivity (Wildman–Crippen MR) is 149 cm³/mol. The number of hydrogen-bond acceptors (Lipinski definition) is 3. The van der Waals surface area contributed by atoms with E-state index in [0.717, 1.165) is 91.3 Å². The largest absolute Gasteiger partial charge is 0.418 e. The summed E-state index contributed by atoms with van der Waals surface area (Å²) >= 11 is 3.50. The Balaban J connectivity index is 1.88. The van der Waals surface area contributed by atoms with E-state index in [4.69, 9.17) is 0 Å². The first-order chi connectivity index (χ1) is 17.8. The van der Waals surface area contributed by atoms with Gasteiger partial charge in [-0.2, -0.15) is 26.3 Å². The van der Waals surface area contributed by atoms with E-state index in [1.165, 1.54) is 16.9 Å². The molecule has 0 aromatic carbocycles. The van der Waals surface area contributed by atoms with Crippen molar-refractivity contribution < 1.29 is 26.3 Å². The Labute approximate surface area is 233 Å². The first kappa shape index (κ1) is 29.7. The van der Waals surface area contributed by atoms with Crippen LogP contribution in [0.5, 0.6) is 0 Å². The molecule has 0 spiro atoms. The minimum absolute atomic E-state index is 0.288. The monoisotopic (exact) mass is 592 g/mol. The van der Waals surface area contributed by atoms with E-state index in [1.807, 2.05) is 6.07 Å². The molecule has 3 aromatic rings. The summed E-state index contributed by atoms with van der Waals surface area (Å²) in [5.41, 5.74) is -1.07. The molecular weight excluding hydrogens is 559 g/mol. The standard InChI is InChI=1S/C29H34F6S3/c1-5-7-9-11-13-27(14-12-10-8-6-2)19-15-17(3)36-24(19)25-20(27)16-21(38-25)26-23(29(33,34)35)22(18(4)37-26)28(30,31)32/h15-16H,5-14H2,1-4H3. The van der Waals surface area contributed by atoms with Gasteiger partial charge in [0.15, 0.2) is 0 Å². The molecule has 0 atom stereocenters. The molecule has 38 heavy (non-hydrogen) atoms. The average molecular weight is 593 g/mol. The number of aryl methyl sites for hydroxylation is 2. The number of rotatable bonds is 11. The predicted octanol–water partition coefficient (Wildman–Crippen LogP) is 12.4. The molecule has 210 valence electrons. The highest BCUT2D eigenvalue weighted by molar-refractivity contribution is 7.27. The van der Waals surface area contributed by atoms with Gasteiger partial charge in [-0.25, -0.2) is 0 Å². The first-order valence-electron chi connectivity index (χ1n) is 13.4. The molecule has 0 amide bonds. The lowest BCUT2D eigenvalue weighted by Gasteiger charge is -2.31. The summed E-state index contributed by atoms with van der Waals surface area (Å²) in [5.74, 6) is 0. The third kappa shape index (κ3) is 5.49. The van der Waals surface area contributed by atoms with E-state index >= 15 is 0 Å². The molecule has 3 heterocycles. The number of thiophene rings is 3. The Hall–Kier alpha value is -1.32. The summed E-state index contributed by atoms with van der Waals surface area (Å²) < 4.78 is 83.7. The Morgan fingerprint density at radius 2 is 1.16 bits per heavy atom. The van der Waals surface area contributed by atoms with E-state index in [1.54, 1.807) is 11.3 Å². The Bertz CT molecular complexity index is 1240. The maximum Gasteiger partial charge on any atom is 0.418 e. The Morgan fingerprint density at radius 1 is 0.632 bits per heavy atom. The van der Waals surface area contributed by atoms with Crippen LogP contribution in [-0.4, -0.2) is 0 Å². The lowest BCUT2D eigenvalue weighted by Crippen LogP contribution is -2.25. The van der Waals surface area contributed by atoms with Crippen LogP contribution in [0.1, 0.15) is 110 Å². The van der Waals surface area contributed by atoms with Crippen molar-refractivity contribution >= 4 is 34.0 Å². The van der Waals surface area contributed by atoms with E-state index in [2.05, 4.69) is 26.8 Å². The van der Waals surface area contributed by atoms with Gasteiger partial charge >= 0.3 is 12.4 Å². The second kappa shape index (κ2) is 11.3. The van der Waals surface area contributed by atoms with Crippen LogP contribution in [0.3, 0.4) is 0 Å². The van der Waals surface area contributed by atoms with Crippen molar-refractivity contribution in [1.29, 1.82) is 0 Å². The van der Waals surface area contributed by atoms with Gasteiger partial charge in [-0.1, -0.05) is 65.2 Å². The number of fused-ring (bicyclic) bond motifs is 3. The normalized spacial score (nSPS) is 14.8. The lowest BCUT2D eigenvalue weighted by molar-refractivity contribution is -0.161. The van der Waals surface area contributed by atoms with Gasteiger partial charge in [0.05, 0.1) is 16.0 Å². The van der Waals surface area contributed by atoms with Gasteiger partial charge in [0.1, 0.15) is 0 Å². The van der Waals surface area contributed by atoms with Crippen molar-refractivity contribution in [2.24, 2.45) is 0 Å². The van der Waals surface area contributed by atoms with Crippen LogP contribution in [0.25, 0.3) is 19.5 Å². The molecule has 3 aromatic heterocycles. The summed E-state index contributed by atoms with van der Waals surface area (Å²) in [7, 11) is 0. The van der Waals surface area contributed by atoms with E-state index in [9.17, 15) is 26.3 Å². The van der Waals surface area contributed by atoms with Crippen molar-refractivity contribution in [2.75, 3.05) is 0 Å². The van der Waals surface area contributed by atoms with Crippen LogP contribution >= 0.6 is 34.0 Å². The third-order valence-electron chi connectivity index (χ3n) is 7.61. The maximum atomic E-state index is 14.1. The first-order valence-corrected chi connectivity index (χ1v) is 15.8. The summed E-state index contributed by atoms with van der Waals surface area (Å²) in [6.07, 6.45) is 0.369. The van der Waals surface area contributed by atoms with Gasteiger partial charge in [-0.05, 0) is 49.9 Å². The zero-order chi connectivity index (χ0) is 27.9. The highest BCUT2D eigenvalue weighted by atomic mass is 32.1. The molecule has 0 bridgehead atoms. The summed E-state index contributed by atoms with van der Waals surface area (Å²) in [6, 6.07) is 4.05. The van der Waals surface area contributed by atoms with Gasteiger partial charge in [0.25, 0.3) is 0 Å². The van der Waals surface area contributed by atoms with E-state index in [0.29, 0.717) is 16.2 Å². The van der Waals surface area contributed by atoms with Crippen LogP contribution in [-0.2, 0) is 17.8 Å². The average Bonchev–Trinajstić information content (AvgIpc) is 3.55. The van der Waals surface area contributed by atoms with Crippen molar-refractivity contribution in [2.45, 2.75) is 110 Å². The molecule has 0 saturated carbocycles. The van der Waals surface area contributed by atoms with Crippen LogP contribution < -0.4 is 0 Å². The Kier molecular flexibility index (Phi) is 8.80. The molecule has 9 heteroatoms. The highest BCUT2D eigenvalue weighted by Gasteiger charge is 2.50. The SMILES string of the molecule is CCCCCCC1(CCCCCC)c2cc(C)sc2-c2sc(-c3sc(C)c(C(F)(F)F)c3C(F)(F)F)cc21. The zero-order valence-corrected chi connectivity index (χ0v) is 24.7. The summed E-state index contributed by atoms with van der Waals surface area (Å²) in [5, 5.41) is 0. The van der Waals surface area contributed by atoms with Gasteiger partial charge in [0.2, 0.25) is 0 Å². The summed E-state index contributed by atoms with van der Waals surface area (Å²) in [4.78, 5) is 2.86. The Morgan fingerprint density at radius 3 is 1.68 bits per heavy atom. The molecule has 0 saturated heterocycles. The quantitative estimate of drug-likeness (QED) is 0.153. The van der Waals surface area contributed by atoms with Crippen molar-refractivity contribution in [3.8, 4) is 19.5 Å². The number of halogens is 6. The van der Waals surface area contributed by atoms with E-state index in [-0.39, 0.29) is 15.2 Å². The second-order valence-corrected chi connectivity index (χ2v) is 13.9. The van der Waals surface area contributed by atoms with Gasteiger partial charge in [-0.15, -0.1) is 34.0 Å². The smallest absolute Gasteiger partial charge is 0.166 e. The minimum atomic E-state index is -5.10. The molecule has 1 aliphatic rings. The van der Waals surface area contributed by atoms with Crippen LogP contribution in [0.15, 0.2) is 12.1 Å². The fourth-order valence-electron chi connectivity index (χ4n) is 5.91. The zero-order valence-electron chi connectivity index (χ0n) is 22.2. The summed E-state index contributed by atoms with van der Waals surface area (Å²) in [6.45, 7) is 7.52. The van der Waals surface area contributed by atoms with Crippen LogP contribution in [0, 0.1) is 13.8 Å². The van der Waals surface area contributed by atoms with Crippen molar-refractivity contribution in [3.05, 3.63) is 44.1 Å². The molecule has 0 unspecified atom stereocenters. The molecule has 0 N–H and O–H groups in total. The van der Waals surface area contributed by atoms with E-state index < -0.39 is 23.5 Å². The molecule has 4 rings (SSSR count). The fraction of sp³-hybridized carbons (Fsp3) is 0.586. The molecule has 0 aliphatic heterocycles. The second-order valence-electron chi connectivity index (χ2n) is 10.4. The van der Waals surface area contributed by atoms with Gasteiger partial charge in [-0.3, -0.25) is 0 Å². The molecular formula is C29H34F6S3. The molecule has 1 aliphatic carbocycles. The molecule has 0 radical (unpaired) electrons. The van der Waals surface area contributed by atoms with Crippen LogP contribution in [0.4, 0.5) is 26.3 Å². The lowest BCUT2D eigenvalue weighted by atomic mass is 9.71. The highest BCUT2D eigenvalue weighted by Crippen LogP contribution is 2.62.